The van der Waals surface area contributed by atoms with E-state index >= 15 is 0 Å². The van der Waals surface area contributed by atoms with Crippen LogP contribution in [-0.4, -0.2) is 149 Å². The minimum Gasteiger partial charge on any atom is -0.494 e. The highest BCUT2D eigenvalue weighted by molar-refractivity contribution is 5.73. The zero-order valence-electron chi connectivity index (χ0n) is 23.1. The van der Waals surface area contributed by atoms with Crippen LogP contribution in [0.3, 0.4) is 0 Å². The Morgan fingerprint density at radius 2 is 1.15 bits per heavy atom. The molecule has 1 atom stereocenters. The first-order valence-electron chi connectivity index (χ1n) is 13.6. The van der Waals surface area contributed by atoms with Crippen LogP contribution < -0.4 is 4.74 Å². The summed E-state index contributed by atoms with van der Waals surface area (Å²) < 4.78 is 5.61. The molecule has 1 aliphatic heterocycles. The minimum atomic E-state index is -1.03. The number of carbonyl (C=O) groups is 4. The quantitative estimate of drug-likeness (QED) is 0.243. The molecule has 1 fully saturated rings. The van der Waals surface area contributed by atoms with Gasteiger partial charge in [0, 0.05) is 52.4 Å². The molecule has 1 aromatic carbocycles. The van der Waals surface area contributed by atoms with Gasteiger partial charge in [-0.25, -0.2) is 0 Å². The highest BCUT2D eigenvalue weighted by atomic mass is 16.5. The second-order valence-electron chi connectivity index (χ2n) is 9.93. The van der Waals surface area contributed by atoms with E-state index in [1.54, 1.807) is 19.6 Å². The van der Waals surface area contributed by atoms with E-state index in [-0.39, 0.29) is 72.0 Å². The maximum Gasteiger partial charge on any atom is 0.320 e. The number of ether oxygens (including phenoxy) is 1. The number of hydrogen-bond acceptors (Lipinski definition) is 9. The Hall–Kier alpha value is -3.26. The molecule has 0 radical (unpaired) electrons. The minimum absolute atomic E-state index is 0.249. The van der Waals surface area contributed by atoms with E-state index in [9.17, 15) is 39.6 Å². The summed E-state index contributed by atoms with van der Waals surface area (Å²) in [4.78, 5) is 53.5. The third-order valence-electron chi connectivity index (χ3n) is 6.78. The molecule has 1 aromatic rings. The summed E-state index contributed by atoms with van der Waals surface area (Å²) in [5, 5.41) is 38.2. The summed E-state index contributed by atoms with van der Waals surface area (Å²) in [7, 11) is 0. The predicted octanol–water partition coefficient (Wildman–Crippen LogP) is 0.337. The van der Waals surface area contributed by atoms with Gasteiger partial charge >= 0.3 is 23.9 Å². The van der Waals surface area contributed by atoms with Gasteiger partial charge in [-0.3, -0.25) is 38.8 Å². The monoisotopic (exact) mass is 566 g/mol. The van der Waals surface area contributed by atoms with Crippen LogP contribution in [0.4, 0.5) is 0 Å². The number of benzene rings is 1. The van der Waals surface area contributed by atoms with Gasteiger partial charge in [0.15, 0.2) is 0 Å². The second-order valence-corrected chi connectivity index (χ2v) is 9.93. The Bertz CT molecular complexity index is 928. The molecule has 2 rings (SSSR count). The summed E-state index contributed by atoms with van der Waals surface area (Å²) in [6.07, 6.45) is 1.71. The lowest BCUT2D eigenvalue weighted by molar-refractivity contribution is -0.145. The third-order valence-corrected chi connectivity index (χ3v) is 6.78. The van der Waals surface area contributed by atoms with Crippen LogP contribution in [0.25, 0.3) is 0 Å². The van der Waals surface area contributed by atoms with Crippen molar-refractivity contribution in [3.05, 3.63) is 29.8 Å². The lowest BCUT2D eigenvalue weighted by atomic mass is 10.0. The molecule has 0 bridgehead atoms. The van der Waals surface area contributed by atoms with Crippen molar-refractivity contribution in [2.45, 2.75) is 32.2 Å². The topological polar surface area (TPSA) is 171 Å². The average molecular weight is 567 g/mol. The van der Waals surface area contributed by atoms with E-state index in [2.05, 4.69) is 0 Å². The normalized spacial score (nSPS) is 17.8. The number of nitrogens with zero attached hydrogens (tertiary/aromatic N) is 4. The van der Waals surface area contributed by atoms with Crippen molar-refractivity contribution in [3.8, 4) is 5.75 Å². The number of aliphatic carboxylic acids is 4. The third kappa shape index (κ3) is 12.7. The summed E-state index contributed by atoms with van der Waals surface area (Å²) in [6.45, 7) is 4.02. The van der Waals surface area contributed by atoms with E-state index in [1.165, 1.54) is 0 Å². The standard InChI is InChI=1S/C27H42N4O9/c1-2-17-40-22-6-3-21(4-7-22)5-8-23(27(38)39)31-15-13-29(19-25(34)35)11-9-28(18-24(32)33)10-12-30(14-16-31)20-26(36)37/h3-4,6-7,23H,2,5,8-20H2,1H3,(H,32,33)(H,34,35)(H,36,37)(H,38,39). The Morgan fingerprint density at radius 1 is 0.725 bits per heavy atom. The van der Waals surface area contributed by atoms with Gasteiger partial charge in [0.1, 0.15) is 11.8 Å². The lowest BCUT2D eigenvalue weighted by Crippen LogP contribution is -2.51. The van der Waals surface area contributed by atoms with Gasteiger partial charge in [0.2, 0.25) is 0 Å². The molecule has 1 unspecified atom stereocenters. The Kier molecular flexibility index (Phi) is 14.4. The van der Waals surface area contributed by atoms with Crippen LogP contribution in [0, 0.1) is 0 Å². The van der Waals surface area contributed by atoms with E-state index in [0.717, 1.165) is 17.7 Å². The molecule has 1 heterocycles. The SMILES string of the molecule is CCCOc1ccc(CCC(C(=O)O)N2CCN(CC(=O)O)CCN(CC(=O)O)CCN(CC(=O)O)CC2)cc1. The molecule has 0 aliphatic carbocycles. The van der Waals surface area contributed by atoms with Crippen molar-refractivity contribution in [3.63, 3.8) is 0 Å². The van der Waals surface area contributed by atoms with Crippen molar-refractivity contribution >= 4 is 23.9 Å². The van der Waals surface area contributed by atoms with E-state index in [1.807, 2.05) is 31.2 Å². The molecule has 4 N–H and O–H groups in total. The number of carboxylic acids is 4. The molecule has 1 saturated heterocycles. The van der Waals surface area contributed by atoms with Crippen molar-refractivity contribution in [1.82, 2.24) is 19.6 Å². The maximum atomic E-state index is 12.4. The highest BCUT2D eigenvalue weighted by Crippen LogP contribution is 2.16. The van der Waals surface area contributed by atoms with Gasteiger partial charge in [-0.1, -0.05) is 19.1 Å². The van der Waals surface area contributed by atoms with Crippen LogP contribution in [0.5, 0.6) is 5.75 Å². The van der Waals surface area contributed by atoms with Gasteiger partial charge in [-0.2, -0.15) is 0 Å². The van der Waals surface area contributed by atoms with E-state index in [4.69, 9.17) is 4.74 Å². The molecule has 40 heavy (non-hydrogen) atoms. The molecule has 224 valence electrons. The molecule has 0 spiro atoms. The number of aryl methyl sites for hydroxylation is 1. The van der Waals surface area contributed by atoms with E-state index in [0.29, 0.717) is 19.4 Å². The summed E-state index contributed by atoms with van der Waals surface area (Å²) in [6, 6.07) is 6.68. The van der Waals surface area contributed by atoms with Crippen molar-refractivity contribution < 1.29 is 44.3 Å². The molecule has 13 heteroatoms. The van der Waals surface area contributed by atoms with Crippen LogP contribution in [0.15, 0.2) is 24.3 Å². The molecule has 13 nitrogen and oxygen atoms in total. The molecule has 0 saturated carbocycles. The van der Waals surface area contributed by atoms with Gasteiger partial charge in [-0.05, 0) is 37.0 Å². The van der Waals surface area contributed by atoms with Crippen LogP contribution in [-0.2, 0) is 25.6 Å². The van der Waals surface area contributed by atoms with Crippen LogP contribution in [0.2, 0.25) is 0 Å². The Morgan fingerprint density at radius 3 is 1.52 bits per heavy atom. The zero-order chi connectivity index (χ0) is 29.5. The molecule has 0 amide bonds. The second kappa shape index (κ2) is 17.4. The first-order valence-corrected chi connectivity index (χ1v) is 13.6. The fourth-order valence-electron chi connectivity index (χ4n) is 4.65. The number of carboxylic acid groups (broad SMARTS) is 4. The van der Waals surface area contributed by atoms with Crippen LogP contribution in [0.1, 0.15) is 25.3 Å². The van der Waals surface area contributed by atoms with Gasteiger partial charge in [0.05, 0.1) is 26.2 Å². The lowest BCUT2D eigenvalue weighted by Gasteiger charge is -2.35. The van der Waals surface area contributed by atoms with E-state index < -0.39 is 29.9 Å². The average Bonchev–Trinajstić information content (AvgIpc) is 2.88. The van der Waals surface area contributed by atoms with Gasteiger partial charge in [0.25, 0.3) is 0 Å². The largest absolute Gasteiger partial charge is 0.494 e. The van der Waals surface area contributed by atoms with Crippen molar-refractivity contribution in [1.29, 1.82) is 0 Å². The Labute approximate surface area is 234 Å². The van der Waals surface area contributed by atoms with Crippen molar-refractivity contribution in [2.75, 3.05) is 78.6 Å². The smallest absolute Gasteiger partial charge is 0.320 e. The fourth-order valence-corrected chi connectivity index (χ4v) is 4.65. The fraction of sp³-hybridized carbons (Fsp3) is 0.630. The van der Waals surface area contributed by atoms with Gasteiger partial charge in [-0.15, -0.1) is 0 Å². The first kappa shape index (κ1) is 32.9. The maximum absolute atomic E-state index is 12.4. The highest BCUT2D eigenvalue weighted by Gasteiger charge is 2.28. The van der Waals surface area contributed by atoms with Crippen LogP contribution >= 0.6 is 0 Å². The van der Waals surface area contributed by atoms with Gasteiger partial charge < -0.3 is 25.2 Å². The predicted molar refractivity (Wildman–Crippen MR) is 146 cm³/mol. The zero-order valence-corrected chi connectivity index (χ0v) is 23.1. The summed E-state index contributed by atoms with van der Waals surface area (Å²) in [5.41, 5.74) is 0.961. The first-order chi connectivity index (χ1) is 19.1. The molecule has 1 aliphatic rings. The molecule has 0 aromatic heterocycles. The molecular formula is C27H42N4O9. The Balaban J connectivity index is 2.20. The number of hydrogen-bond donors (Lipinski definition) is 4. The molecular weight excluding hydrogens is 524 g/mol. The summed E-state index contributed by atoms with van der Waals surface area (Å²) in [5.74, 6) is -3.34. The summed E-state index contributed by atoms with van der Waals surface area (Å²) >= 11 is 0. The number of rotatable bonds is 14. The van der Waals surface area contributed by atoms with Crippen molar-refractivity contribution in [2.24, 2.45) is 0 Å².